The molecule has 174 valence electrons. The quantitative estimate of drug-likeness (QED) is 0.454. The van der Waals surface area contributed by atoms with Gasteiger partial charge >= 0.3 is 5.97 Å². The number of nitrogens with zero attached hydrogens (tertiary/aromatic N) is 2. The summed E-state index contributed by atoms with van der Waals surface area (Å²) in [6.45, 7) is 13.2. The Balaban J connectivity index is -0.000000209. The van der Waals surface area contributed by atoms with Crippen LogP contribution in [0.4, 0.5) is 0 Å². The van der Waals surface area contributed by atoms with Crippen LogP contribution in [-0.2, 0) is 14.4 Å². The normalized spacial score (nSPS) is 24.2. The molecule has 2 aliphatic rings. The van der Waals surface area contributed by atoms with Crippen molar-refractivity contribution in [2.45, 2.75) is 32.7 Å². The monoisotopic (exact) mass is 481 g/mol. The molecule has 2 rings (SSSR count). The van der Waals surface area contributed by atoms with Crippen molar-refractivity contribution >= 4 is 34.6 Å². The van der Waals surface area contributed by atoms with Crippen molar-refractivity contribution in [2.24, 2.45) is 17.8 Å². The van der Waals surface area contributed by atoms with Crippen LogP contribution in [0.1, 0.15) is 26.7 Å². The zero-order valence-electron chi connectivity index (χ0n) is 18.5. The van der Waals surface area contributed by atoms with E-state index in [0.717, 1.165) is 19.5 Å². The van der Waals surface area contributed by atoms with Crippen molar-refractivity contribution in [3.05, 3.63) is 25.3 Å². The fraction of sp³-hybridized carbons (Fsp3) is 0.650. The Bertz CT molecular complexity index is 585. The molecule has 0 aromatic carbocycles. The topological polar surface area (TPSA) is 90.0 Å². The fourth-order valence-electron chi connectivity index (χ4n) is 3.68. The van der Waals surface area contributed by atoms with Gasteiger partial charge in [0.1, 0.15) is 0 Å². The summed E-state index contributed by atoms with van der Waals surface area (Å²) < 4.78 is 0. The Kier molecular flexibility index (Phi) is 24.9. The third kappa shape index (κ3) is 12.5. The van der Waals surface area contributed by atoms with Crippen LogP contribution in [0, 0.1) is 93.2 Å². The predicted octanol–water partition coefficient (Wildman–Crippen LogP) is 0.609. The van der Waals surface area contributed by atoms with Crippen molar-refractivity contribution in [1.82, 2.24) is 15.1 Å². The number of carboxylic acid groups (broad SMARTS) is 1. The molecular formula is C20H33Ar2B2N3O4. The van der Waals surface area contributed by atoms with Crippen molar-refractivity contribution in [3.63, 3.8) is 0 Å². The summed E-state index contributed by atoms with van der Waals surface area (Å²) >= 11 is 0. The van der Waals surface area contributed by atoms with Gasteiger partial charge in [-0.1, -0.05) is 12.2 Å². The SMILES string of the molecule is C=CC1CN(C(C)=O)CCC1C(=O)O.C=CC1CN(C(C)=O)CCC1NC.[Ar].[Ar].[B].[B]. The number of nitrogens with one attached hydrogen (secondary N) is 1. The Morgan fingerprint density at radius 1 is 0.903 bits per heavy atom. The number of carbonyl (C=O) groups is 3. The maximum absolute atomic E-state index is 11.1. The van der Waals surface area contributed by atoms with Crippen LogP contribution in [0.25, 0.3) is 0 Å². The van der Waals surface area contributed by atoms with Gasteiger partial charge in [-0.25, -0.2) is 0 Å². The smallest absolute Gasteiger partial charge is 0.307 e. The van der Waals surface area contributed by atoms with E-state index >= 15 is 0 Å². The minimum absolute atomic E-state index is 0. The summed E-state index contributed by atoms with van der Waals surface area (Å²) in [5, 5.41) is 12.2. The van der Waals surface area contributed by atoms with Gasteiger partial charge in [-0.15, -0.1) is 13.2 Å². The van der Waals surface area contributed by atoms with E-state index in [4.69, 9.17) is 5.11 Å². The van der Waals surface area contributed by atoms with E-state index in [9.17, 15) is 14.4 Å². The molecule has 31 heavy (non-hydrogen) atoms. The Morgan fingerprint density at radius 2 is 1.32 bits per heavy atom. The van der Waals surface area contributed by atoms with Gasteiger partial charge in [0.2, 0.25) is 11.8 Å². The van der Waals surface area contributed by atoms with Crippen LogP contribution in [0.15, 0.2) is 25.3 Å². The molecular weight excluding hydrogens is 448 g/mol. The fourth-order valence-corrected chi connectivity index (χ4v) is 3.68. The molecule has 2 fully saturated rings. The van der Waals surface area contributed by atoms with Gasteiger partial charge in [-0.3, -0.25) is 14.4 Å². The summed E-state index contributed by atoms with van der Waals surface area (Å²) in [5.74, 6) is -0.740. The minimum Gasteiger partial charge on any atom is -0.481 e. The zero-order chi connectivity index (χ0) is 20.6. The molecule has 0 aromatic rings. The van der Waals surface area contributed by atoms with Crippen LogP contribution in [0.2, 0.25) is 0 Å². The first-order valence-electron chi connectivity index (χ1n) is 9.41. The van der Waals surface area contributed by atoms with E-state index in [1.807, 2.05) is 18.0 Å². The van der Waals surface area contributed by atoms with Crippen LogP contribution >= 0.6 is 0 Å². The molecule has 4 unspecified atom stereocenters. The molecule has 0 bridgehead atoms. The second-order valence-corrected chi connectivity index (χ2v) is 7.15. The van der Waals surface area contributed by atoms with E-state index in [1.165, 1.54) is 6.92 Å². The second-order valence-electron chi connectivity index (χ2n) is 7.15. The van der Waals surface area contributed by atoms with E-state index in [-0.39, 0.29) is 116 Å². The number of rotatable bonds is 4. The molecule has 2 aliphatic heterocycles. The van der Waals surface area contributed by atoms with Gasteiger partial charge in [0.25, 0.3) is 0 Å². The van der Waals surface area contributed by atoms with Gasteiger partial charge in [0.05, 0.1) is 5.92 Å². The number of carboxylic acids is 1. The Morgan fingerprint density at radius 3 is 1.68 bits per heavy atom. The van der Waals surface area contributed by atoms with Crippen LogP contribution in [0.3, 0.4) is 0 Å². The number of hydrogen-bond acceptors (Lipinski definition) is 4. The van der Waals surface area contributed by atoms with Crippen LogP contribution < -0.4 is 5.32 Å². The first-order valence-corrected chi connectivity index (χ1v) is 9.41. The van der Waals surface area contributed by atoms with Gasteiger partial charge < -0.3 is 20.2 Å². The molecule has 0 saturated carbocycles. The van der Waals surface area contributed by atoms with Crippen molar-refractivity contribution in [3.8, 4) is 0 Å². The third-order valence-electron chi connectivity index (χ3n) is 5.50. The van der Waals surface area contributed by atoms with E-state index in [1.54, 1.807) is 17.9 Å². The number of likely N-dealkylation sites (tertiary alicyclic amines) is 2. The van der Waals surface area contributed by atoms with Crippen LogP contribution in [-0.4, -0.2) is 88.8 Å². The van der Waals surface area contributed by atoms with Gasteiger partial charge in [0, 0.05) is 150 Å². The number of piperidine rings is 2. The molecule has 0 aliphatic carbocycles. The van der Waals surface area contributed by atoms with Crippen LogP contribution in [0.5, 0.6) is 0 Å². The minimum atomic E-state index is -0.793. The van der Waals surface area contributed by atoms with E-state index in [2.05, 4.69) is 18.5 Å². The van der Waals surface area contributed by atoms with Crippen molar-refractivity contribution in [2.75, 3.05) is 33.2 Å². The molecule has 2 amide bonds. The number of hydrogen-bond donors (Lipinski definition) is 2. The molecule has 2 N–H and O–H groups in total. The van der Waals surface area contributed by atoms with Gasteiger partial charge in [-0.05, 0) is 19.9 Å². The Hall–Kier alpha value is 0.499. The third-order valence-corrected chi connectivity index (χ3v) is 5.50. The molecule has 7 nitrogen and oxygen atoms in total. The summed E-state index contributed by atoms with van der Waals surface area (Å²) in [4.78, 5) is 36.6. The summed E-state index contributed by atoms with van der Waals surface area (Å²) in [6, 6.07) is 0.480. The summed E-state index contributed by atoms with van der Waals surface area (Å²) in [5.41, 5.74) is 0. The average Bonchev–Trinajstić information content (AvgIpc) is 2.66. The predicted molar refractivity (Wildman–Crippen MR) is 117 cm³/mol. The maximum atomic E-state index is 11.1. The molecule has 0 aromatic heterocycles. The molecule has 4 atom stereocenters. The first-order chi connectivity index (χ1) is 12.7. The summed E-state index contributed by atoms with van der Waals surface area (Å²) in [7, 11) is 1.96. The van der Waals surface area contributed by atoms with Crippen molar-refractivity contribution < 1.29 is 95.0 Å². The molecule has 2 heterocycles. The number of carbonyl (C=O) groups excluding carboxylic acids is 2. The van der Waals surface area contributed by atoms with Gasteiger partial charge in [-0.2, -0.15) is 0 Å². The zero-order valence-corrected chi connectivity index (χ0v) is 20.0. The molecule has 0 spiro atoms. The van der Waals surface area contributed by atoms with E-state index < -0.39 is 5.97 Å². The maximum Gasteiger partial charge on any atom is 0.307 e. The molecule has 11 heteroatoms. The van der Waals surface area contributed by atoms with E-state index in [0.29, 0.717) is 31.5 Å². The largest absolute Gasteiger partial charge is 0.481 e. The molecule has 2 saturated heterocycles. The number of aliphatic carboxylic acids is 1. The Labute approximate surface area is 251 Å². The standard InChI is InChI=1S/C10H18N2O.C10H15NO3.2Ar.2B/c1-4-9-7-12(8(2)13)6-5-10(9)11-3;1-3-8-6-11(7(2)12)5-4-9(8)10(13)14;;;;/h4,9-11H,1,5-7H2,2-3H3;3,8-9H,1,4-6H2,2H3,(H,13,14);;;;. The van der Waals surface area contributed by atoms with Crippen molar-refractivity contribution in [1.29, 1.82) is 0 Å². The first kappa shape index (κ1) is 38.7. The second kappa shape index (κ2) is 19.9. The van der Waals surface area contributed by atoms with Gasteiger partial charge in [0.15, 0.2) is 0 Å². The molecule has 6 radical (unpaired) electrons. The summed E-state index contributed by atoms with van der Waals surface area (Å²) in [6.07, 6.45) is 5.11. The number of amides is 2. The average molecular weight is 481 g/mol.